The lowest BCUT2D eigenvalue weighted by atomic mass is 10.1. The quantitative estimate of drug-likeness (QED) is 0.140. The first-order valence-electron chi connectivity index (χ1n) is 14.1. The Morgan fingerprint density at radius 1 is 0.830 bits per heavy atom. The van der Waals surface area contributed by atoms with Crippen molar-refractivity contribution in [1.82, 2.24) is 10.5 Å². The minimum atomic E-state index is -4.70. The average Bonchev–Trinajstić information content (AvgIpc) is 3.49. The number of hydrogen-bond donors (Lipinski definition) is 2. The summed E-state index contributed by atoms with van der Waals surface area (Å²) in [5, 5.41) is 8.17. The molecule has 242 valence electrons. The van der Waals surface area contributed by atoms with Crippen molar-refractivity contribution in [2.75, 3.05) is 19.0 Å². The Bertz CT molecular complexity index is 1830. The molecule has 0 aliphatic heterocycles. The summed E-state index contributed by atoms with van der Waals surface area (Å²) in [5.41, 5.74) is 1.10. The Balaban J connectivity index is 1.55. The van der Waals surface area contributed by atoms with Crippen LogP contribution in [0.15, 0.2) is 102 Å². The molecule has 13 heteroatoms. The number of ether oxygens (including phenoxy) is 3. The fraction of sp³-hybridized carbons (Fsp3) is 0.147. The summed E-state index contributed by atoms with van der Waals surface area (Å²) in [7, 11) is 1.46. The number of benzene rings is 4. The van der Waals surface area contributed by atoms with Gasteiger partial charge < -0.3 is 29.4 Å². The monoisotopic (exact) mass is 665 g/mol. The molecular weight excluding hydrogens is 639 g/mol. The highest BCUT2D eigenvalue weighted by molar-refractivity contribution is 6.32. The second-order valence-electron chi connectivity index (χ2n) is 10.0. The van der Waals surface area contributed by atoms with Crippen molar-refractivity contribution < 1.29 is 41.5 Å². The van der Waals surface area contributed by atoms with Gasteiger partial charge in [0.25, 0.3) is 11.8 Å². The number of nitrogens with one attached hydrogen (secondary N) is 2. The molecule has 1 heterocycles. The molecule has 5 rings (SSSR count). The van der Waals surface area contributed by atoms with Crippen LogP contribution in [0.2, 0.25) is 5.02 Å². The van der Waals surface area contributed by atoms with Crippen molar-refractivity contribution in [2.24, 2.45) is 0 Å². The van der Waals surface area contributed by atoms with Gasteiger partial charge in [-0.2, -0.15) is 13.2 Å². The lowest BCUT2D eigenvalue weighted by Gasteiger charge is -2.16. The Morgan fingerprint density at radius 3 is 2.00 bits per heavy atom. The Kier molecular flexibility index (Phi) is 10.3. The summed E-state index contributed by atoms with van der Waals surface area (Å²) in [4.78, 5) is 26.2. The maximum atomic E-state index is 13.3. The van der Waals surface area contributed by atoms with E-state index in [4.69, 9.17) is 30.3 Å². The zero-order chi connectivity index (χ0) is 33.4. The van der Waals surface area contributed by atoms with Crippen LogP contribution < -0.4 is 24.8 Å². The molecule has 5 aromatic rings. The van der Waals surface area contributed by atoms with Crippen molar-refractivity contribution in [3.05, 3.63) is 124 Å². The van der Waals surface area contributed by atoms with Crippen LogP contribution in [0.1, 0.15) is 32.0 Å². The number of aromatic nitrogens is 1. The van der Waals surface area contributed by atoms with Crippen molar-refractivity contribution in [3.63, 3.8) is 0 Å². The molecule has 0 saturated carbocycles. The van der Waals surface area contributed by atoms with Crippen molar-refractivity contribution in [3.8, 4) is 28.6 Å². The van der Waals surface area contributed by atoms with Gasteiger partial charge in [0, 0.05) is 11.6 Å². The summed E-state index contributed by atoms with van der Waals surface area (Å²) >= 11 is 6.64. The Morgan fingerprint density at radius 2 is 1.43 bits per heavy atom. The molecule has 2 N–H and O–H groups in total. The number of methoxy groups -OCH3 is 1. The third-order valence-electron chi connectivity index (χ3n) is 6.70. The highest BCUT2D eigenvalue weighted by Crippen LogP contribution is 2.43. The number of carbonyl (C=O) groups is 2. The molecule has 0 fully saturated rings. The molecule has 0 aliphatic carbocycles. The lowest BCUT2D eigenvalue weighted by molar-refractivity contribution is -0.123. The van der Waals surface area contributed by atoms with Crippen molar-refractivity contribution in [2.45, 2.75) is 19.4 Å². The number of halogens is 4. The fourth-order valence-electron chi connectivity index (χ4n) is 4.35. The number of nitrogens with zero attached hydrogens (tertiary/aromatic N) is 1. The number of anilines is 1. The van der Waals surface area contributed by atoms with Gasteiger partial charge in [-0.1, -0.05) is 77.4 Å². The van der Waals surface area contributed by atoms with E-state index < -0.39 is 30.2 Å². The van der Waals surface area contributed by atoms with Crippen LogP contribution in [0.3, 0.4) is 0 Å². The van der Waals surface area contributed by atoms with Crippen LogP contribution >= 0.6 is 11.6 Å². The summed E-state index contributed by atoms with van der Waals surface area (Å²) in [6.45, 7) is -1.36. The van der Waals surface area contributed by atoms with E-state index in [0.29, 0.717) is 5.75 Å². The van der Waals surface area contributed by atoms with Crippen LogP contribution in [0.25, 0.3) is 11.3 Å². The van der Waals surface area contributed by atoms with Gasteiger partial charge in [0.1, 0.15) is 42.7 Å². The summed E-state index contributed by atoms with van der Waals surface area (Å²) in [5.74, 6) is -1.22. The van der Waals surface area contributed by atoms with Gasteiger partial charge in [0.2, 0.25) is 0 Å². The second kappa shape index (κ2) is 14.7. The van der Waals surface area contributed by atoms with Crippen LogP contribution in [0, 0.1) is 0 Å². The van der Waals surface area contributed by atoms with Crippen molar-refractivity contribution >= 4 is 29.1 Å². The maximum Gasteiger partial charge on any atom is 0.405 e. The largest absolute Gasteiger partial charge is 0.497 e. The van der Waals surface area contributed by atoms with Gasteiger partial charge in [0.15, 0.2) is 11.5 Å². The minimum Gasteiger partial charge on any atom is -0.497 e. The molecule has 0 radical (unpaired) electrons. The normalized spacial score (nSPS) is 11.1. The molecule has 0 aliphatic rings. The molecule has 0 bridgehead atoms. The zero-order valence-electron chi connectivity index (χ0n) is 24.8. The van der Waals surface area contributed by atoms with Gasteiger partial charge in [-0.05, 0) is 41.5 Å². The van der Waals surface area contributed by atoms with E-state index in [9.17, 15) is 22.8 Å². The van der Waals surface area contributed by atoms with E-state index in [0.717, 1.165) is 11.1 Å². The molecule has 2 amide bonds. The first-order chi connectivity index (χ1) is 22.6. The summed E-state index contributed by atoms with van der Waals surface area (Å²) in [6, 6.07) is 27.6. The second-order valence-corrected chi connectivity index (χ2v) is 10.5. The standard InChI is InChI=1S/C34H27ClF3N3O6/c1-44-24-14-12-23(13-15-24)32(42)40-29-30(33(43)39-20-34(36,37)38)41-47-31(29)25-16-26(35)28(46-19-22-10-6-3-7-11-22)17-27(25)45-18-21-8-4-2-5-9-21/h2-17H,18-20H2,1H3,(H,39,43)(H,40,42). The zero-order valence-corrected chi connectivity index (χ0v) is 25.5. The van der Waals surface area contributed by atoms with Gasteiger partial charge in [0.05, 0.1) is 17.7 Å². The topological polar surface area (TPSA) is 112 Å². The molecule has 4 aromatic carbocycles. The number of carbonyl (C=O) groups excluding carboxylic acids is 2. The van der Waals surface area contributed by atoms with E-state index >= 15 is 0 Å². The van der Waals surface area contributed by atoms with Crippen molar-refractivity contribution in [1.29, 1.82) is 0 Å². The van der Waals surface area contributed by atoms with Gasteiger partial charge in [-0.15, -0.1) is 0 Å². The molecule has 0 unspecified atom stereocenters. The third kappa shape index (κ3) is 8.61. The highest BCUT2D eigenvalue weighted by Gasteiger charge is 2.32. The van der Waals surface area contributed by atoms with Crippen LogP contribution in [0.5, 0.6) is 17.2 Å². The number of rotatable bonds is 12. The predicted octanol–water partition coefficient (Wildman–Crippen LogP) is 7.71. The number of amides is 2. The van der Waals surface area contributed by atoms with Gasteiger partial charge in [-0.25, -0.2) is 0 Å². The average molecular weight is 666 g/mol. The van der Waals surface area contributed by atoms with Gasteiger partial charge >= 0.3 is 6.18 Å². The molecular formula is C34H27ClF3N3O6. The SMILES string of the molecule is COc1ccc(C(=O)Nc2c(C(=O)NCC(F)(F)F)noc2-c2cc(Cl)c(OCc3ccccc3)cc2OCc2ccccc2)cc1. The third-order valence-corrected chi connectivity index (χ3v) is 7.00. The lowest BCUT2D eigenvalue weighted by Crippen LogP contribution is -2.34. The molecule has 0 spiro atoms. The smallest absolute Gasteiger partial charge is 0.405 e. The van der Waals surface area contributed by atoms with E-state index in [-0.39, 0.29) is 52.3 Å². The fourth-order valence-corrected chi connectivity index (χ4v) is 4.57. The summed E-state index contributed by atoms with van der Waals surface area (Å²) in [6.07, 6.45) is -4.70. The van der Waals surface area contributed by atoms with E-state index in [2.05, 4.69) is 10.5 Å². The Hall–Kier alpha value is -5.49. The minimum absolute atomic E-state index is 0.0915. The maximum absolute atomic E-state index is 13.3. The molecule has 0 saturated heterocycles. The van der Waals surface area contributed by atoms with Crippen LogP contribution in [-0.4, -0.2) is 36.8 Å². The first-order valence-corrected chi connectivity index (χ1v) is 14.5. The van der Waals surface area contributed by atoms with Gasteiger partial charge in [-0.3, -0.25) is 9.59 Å². The van der Waals surface area contributed by atoms with Crippen LogP contribution in [0.4, 0.5) is 18.9 Å². The van der Waals surface area contributed by atoms with Crippen LogP contribution in [-0.2, 0) is 13.2 Å². The number of hydrogen-bond acceptors (Lipinski definition) is 7. The Labute approximate surface area is 272 Å². The number of alkyl halides is 3. The molecule has 47 heavy (non-hydrogen) atoms. The molecule has 1 aromatic heterocycles. The van der Waals surface area contributed by atoms with E-state index in [1.54, 1.807) is 17.4 Å². The van der Waals surface area contributed by atoms with E-state index in [1.165, 1.54) is 31.4 Å². The molecule has 9 nitrogen and oxygen atoms in total. The highest BCUT2D eigenvalue weighted by atomic mass is 35.5. The first kappa shape index (κ1) is 32.9. The van der Waals surface area contributed by atoms with E-state index in [1.807, 2.05) is 60.7 Å². The molecule has 0 atom stereocenters. The predicted molar refractivity (Wildman–Crippen MR) is 168 cm³/mol. The summed E-state index contributed by atoms with van der Waals surface area (Å²) < 4.78 is 61.6.